The lowest BCUT2D eigenvalue weighted by Crippen LogP contribution is -2.35. The highest BCUT2D eigenvalue weighted by Gasteiger charge is 2.15. The van der Waals surface area contributed by atoms with Crippen LogP contribution in [0, 0.1) is 5.92 Å². The number of hydrogen-bond donors (Lipinski definition) is 1. The quantitative estimate of drug-likeness (QED) is 0.774. The summed E-state index contributed by atoms with van der Waals surface area (Å²) < 4.78 is 1.22. The second-order valence-electron chi connectivity index (χ2n) is 5.70. The molecule has 2 heterocycles. The van der Waals surface area contributed by atoms with E-state index in [1.807, 2.05) is 11.3 Å². The van der Waals surface area contributed by atoms with Crippen LogP contribution in [-0.4, -0.2) is 31.1 Å². The molecule has 1 aromatic heterocycles. The van der Waals surface area contributed by atoms with Crippen molar-refractivity contribution in [3.8, 4) is 0 Å². The normalized spacial score (nSPS) is 19.7. The summed E-state index contributed by atoms with van der Waals surface area (Å²) in [6, 6.07) is 4.81. The van der Waals surface area contributed by atoms with Gasteiger partial charge in [0.2, 0.25) is 0 Å². The highest BCUT2D eigenvalue weighted by molar-refractivity contribution is 9.11. The number of halogens is 1. The molecule has 1 atom stereocenters. The smallest absolute Gasteiger partial charge is 0.0701 e. The monoisotopic (exact) mass is 344 g/mol. The Morgan fingerprint density at radius 2 is 2.16 bits per heavy atom. The van der Waals surface area contributed by atoms with Crippen LogP contribution in [0.2, 0.25) is 0 Å². The van der Waals surface area contributed by atoms with Crippen molar-refractivity contribution >= 4 is 27.3 Å². The summed E-state index contributed by atoms with van der Waals surface area (Å²) in [5.74, 6) is 0.937. The van der Waals surface area contributed by atoms with E-state index in [2.05, 4.69) is 52.1 Å². The minimum atomic E-state index is 0.470. The summed E-state index contributed by atoms with van der Waals surface area (Å²) >= 11 is 5.35. The fraction of sp³-hybridized carbons (Fsp3) is 0.733. The van der Waals surface area contributed by atoms with Crippen molar-refractivity contribution in [1.29, 1.82) is 0 Å². The Kier molecular flexibility index (Phi) is 6.33. The van der Waals surface area contributed by atoms with E-state index in [1.54, 1.807) is 0 Å². The maximum absolute atomic E-state index is 3.62. The van der Waals surface area contributed by atoms with Gasteiger partial charge in [-0.25, -0.2) is 0 Å². The molecule has 19 heavy (non-hydrogen) atoms. The van der Waals surface area contributed by atoms with Gasteiger partial charge in [0.15, 0.2) is 0 Å². The summed E-state index contributed by atoms with van der Waals surface area (Å²) in [5, 5.41) is 3.62. The van der Waals surface area contributed by atoms with Crippen LogP contribution in [0.4, 0.5) is 0 Å². The van der Waals surface area contributed by atoms with Crippen LogP contribution in [0.15, 0.2) is 15.9 Å². The van der Waals surface area contributed by atoms with Gasteiger partial charge in [0.25, 0.3) is 0 Å². The Bertz CT molecular complexity index is 372. The van der Waals surface area contributed by atoms with E-state index in [0.29, 0.717) is 6.04 Å². The van der Waals surface area contributed by atoms with Crippen LogP contribution in [0.5, 0.6) is 0 Å². The molecule has 1 fully saturated rings. The zero-order valence-electron chi connectivity index (χ0n) is 12.0. The van der Waals surface area contributed by atoms with Crippen molar-refractivity contribution in [3.63, 3.8) is 0 Å². The summed E-state index contributed by atoms with van der Waals surface area (Å²) in [6.07, 6.45) is 4.02. The average molecular weight is 345 g/mol. The van der Waals surface area contributed by atoms with Crippen LogP contribution in [0.1, 0.15) is 44.0 Å². The van der Waals surface area contributed by atoms with E-state index < -0.39 is 0 Å². The van der Waals surface area contributed by atoms with Crippen LogP contribution in [0.3, 0.4) is 0 Å². The lowest BCUT2D eigenvalue weighted by atomic mass is 9.99. The van der Waals surface area contributed by atoms with E-state index in [9.17, 15) is 0 Å². The molecule has 108 valence electrons. The average Bonchev–Trinajstić information content (AvgIpc) is 2.83. The molecule has 4 heteroatoms. The molecular formula is C15H25BrN2S. The fourth-order valence-electron chi connectivity index (χ4n) is 2.57. The molecule has 1 N–H and O–H groups in total. The van der Waals surface area contributed by atoms with Crippen molar-refractivity contribution in [1.82, 2.24) is 10.2 Å². The van der Waals surface area contributed by atoms with E-state index in [0.717, 1.165) is 12.5 Å². The minimum absolute atomic E-state index is 0.470. The first-order chi connectivity index (χ1) is 9.15. The number of nitrogens with one attached hydrogen (secondary N) is 1. The summed E-state index contributed by atoms with van der Waals surface area (Å²) in [4.78, 5) is 4.03. The predicted molar refractivity (Wildman–Crippen MR) is 87.9 cm³/mol. The molecule has 0 saturated carbocycles. The molecule has 0 bridgehead atoms. The van der Waals surface area contributed by atoms with E-state index in [-0.39, 0.29) is 0 Å². The lowest BCUT2D eigenvalue weighted by molar-refractivity contribution is 0.190. The van der Waals surface area contributed by atoms with E-state index in [4.69, 9.17) is 0 Å². The molecule has 0 aromatic carbocycles. The molecule has 1 aliphatic heterocycles. The Hall–Kier alpha value is 0.1000. The molecule has 2 rings (SSSR count). The zero-order chi connectivity index (χ0) is 13.7. The minimum Gasteiger partial charge on any atom is -0.309 e. The second kappa shape index (κ2) is 7.77. The van der Waals surface area contributed by atoms with Gasteiger partial charge in [-0.2, -0.15) is 0 Å². The largest absolute Gasteiger partial charge is 0.309 e. The molecule has 1 aromatic rings. The van der Waals surface area contributed by atoms with Crippen LogP contribution in [-0.2, 0) is 0 Å². The van der Waals surface area contributed by atoms with Gasteiger partial charge >= 0.3 is 0 Å². The molecular weight excluding hydrogens is 320 g/mol. The summed E-state index contributed by atoms with van der Waals surface area (Å²) in [5.41, 5.74) is 0. The number of hydrogen-bond acceptors (Lipinski definition) is 3. The van der Waals surface area contributed by atoms with Crippen LogP contribution < -0.4 is 5.32 Å². The first-order valence-electron chi connectivity index (χ1n) is 7.36. The standard InChI is InChI=1S/C15H25BrN2S/c1-12-6-10-18(11-7-12)9-3-8-17-13(2)14-4-5-15(16)19-14/h4-5,12-13,17H,3,6-11H2,1-2H3. The van der Waals surface area contributed by atoms with Crippen molar-refractivity contribution in [2.45, 2.75) is 39.2 Å². The van der Waals surface area contributed by atoms with Gasteiger partial charge in [-0.1, -0.05) is 6.92 Å². The van der Waals surface area contributed by atoms with Crippen molar-refractivity contribution < 1.29 is 0 Å². The first kappa shape index (κ1) is 15.5. The van der Waals surface area contributed by atoms with Crippen LogP contribution in [0.25, 0.3) is 0 Å². The number of likely N-dealkylation sites (tertiary alicyclic amines) is 1. The molecule has 1 saturated heterocycles. The SMILES string of the molecule is CC1CCN(CCCNC(C)c2ccc(Br)s2)CC1. The Labute approximate surface area is 129 Å². The maximum atomic E-state index is 3.62. The Morgan fingerprint density at radius 1 is 1.42 bits per heavy atom. The Balaban J connectivity index is 1.59. The summed E-state index contributed by atoms with van der Waals surface area (Å²) in [7, 11) is 0. The lowest BCUT2D eigenvalue weighted by Gasteiger charge is -2.30. The van der Waals surface area contributed by atoms with Gasteiger partial charge in [0.1, 0.15) is 0 Å². The van der Waals surface area contributed by atoms with Gasteiger partial charge in [-0.05, 0) is 86.3 Å². The molecule has 0 aliphatic carbocycles. The maximum Gasteiger partial charge on any atom is 0.0701 e. The molecule has 0 amide bonds. The zero-order valence-corrected chi connectivity index (χ0v) is 14.4. The number of nitrogens with zero attached hydrogens (tertiary/aromatic N) is 1. The number of thiophene rings is 1. The van der Waals surface area contributed by atoms with Gasteiger partial charge in [0.05, 0.1) is 3.79 Å². The highest BCUT2D eigenvalue weighted by atomic mass is 79.9. The predicted octanol–water partition coefficient (Wildman–Crippen LogP) is 4.28. The van der Waals surface area contributed by atoms with E-state index in [1.165, 1.54) is 47.6 Å². The van der Waals surface area contributed by atoms with Gasteiger partial charge in [-0.3, -0.25) is 0 Å². The van der Waals surface area contributed by atoms with Gasteiger partial charge in [-0.15, -0.1) is 11.3 Å². The molecule has 0 spiro atoms. The first-order valence-corrected chi connectivity index (χ1v) is 8.97. The number of rotatable bonds is 6. The molecule has 0 radical (unpaired) electrons. The summed E-state index contributed by atoms with van der Waals surface area (Å²) in [6.45, 7) is 9.59. The third-order valence-corrected chi connectivity index (χ3v) is 5.81. The van der Waals surface area contributed by atoms with Gasteiger partial charge in [0, 0.05) is 10.9 Å². The van der Waals surface area contributed by atoms with Gasteiger partial charge < -0.3 is 10.2 Å². The van der Waals surface area contributed by atoms with Crippen molar-refractivity contribution in [3.05, 3.63) is 20.8 Å². The van der Waals surface area contributed by atoms with Crippen molar-refractivity contribution in [2.24, 2.45) is 5.92 Å². The fourth-order valence-corrected chi connectivity index (χ4v) is 4.02. The molecule has 1 unspecified atom stereocenters. The Morgan fingerprint density at radius 3 is 2.79 bits per heavy atom. The third-order valence-electron chi connectivity index (χ3n) is 4.00. The second-order valence-corrected chi connectivity index (χ2v) is 8.19. The topological polar surface area (TPSA) is 15.3 Å². The molecule has 1 aliphatic rings. The van der Waals surface area contributed by atoms with Crippen molar-refractivity contribution in [2.75, 3.05) is 26.2 Å². The third kappa shape index (κ3) is 5.18. The van der Waals surface area contributed by atoms with Crippen LogP contribution >= 0.6 is 27.3 Å². The molecule has 2 nitrogen and oxygen atoms in total. The highest BCUT2D eigenvalue weighted by Crippen LogP contribution is 2.26. The van der Waals surface area contributed by atoms with E-state index >= 15 is 0 Å². The number of piperidine rings is 1.